The van der Waals surface area contributed by atoms with Gasteiger partial charge in [0, 0.05) is 5.02 Å². The summed E-state index contributed by atoms with van der Waals surface area (Å²) in [5.74, 6) is -0.258. The van der Waals surface area contributed by atoms with E-state index in [0.717, 1.165) is 5.56 Å². The summed E-state index contributed by atoms with van der Waals surface area (Å²) in [6, 6.07) is 13.6. The molecule has 0 aliphatic carbocycles. The summed E-state index contributed by atoms with van der Waals surface area (Å²) in [6.45, 7) is 0. The first-order valence-electron chi connectivity index (χ1n) is 5.43. The van der Waals surface area contributed by atoms with Crippen molar-refractivity contribution < 1.29 is 9.90 Å². The van der Waals surface area contributed by atoms with Gasteiger partial charge >= 0.3 is 0 Å². The molecule has 0 atom stereocenters. The van der Waals surface area contributed by atoms with Gasteiger partial charge in [0.05, 0.1) is 5.56 Å². The van der Waals surface area contributed by atoms with E-state index in [0.29, 0.717) is 5.02 Å². The number of ketones is 1. The van der Waals surface area contributed by atoms with E-state index in [1.807, 2.05) is 12.1 Å². The van der Waals surface area contributed by atoms with Crippen molar-refractivity contribution >= 4 is 23.5 Å². The second kappa shape index (κ2) is 5.52. The number of phenolic OH excluding ortho intramolecular Hbond substituents is 1. The normalized spacial score (nSPS) is 10.7. The van der Waals surface area contributed by atoms with Crippen molar-refractivity contribution in [1.82, 2.24) is 0 Å². The fourth-order valence-electron chi connectivity index (χ4n) is 1.55. The van der Waals surface area contributed by atoms with Crippen LogP contribution in [0, 0.1) is 0 Å². The van der Waals surface area contributed by atoms with Crippen LogP contribution in [0.25, 0.3) is 6.08 Å². The molecule has 0 fully saturated rings. The number of carbonyl (C=O) groups is 1. The lowest BCUT2D eigenvalue weighted by Crippen LogP contribution is -1.94. The van der Waals surface area contributed by atoms with E-state index < -0.39 is 0 Å². The van der Waals surface area contributed by atoms with Crippen molar-refractivity contribution in [2.75, 3.05) is 0 Å². The van der Waals surface area contributed by atoms with Crippen molar-refractivity contribution in [3.63, 3.8) is 0 Å². The molecule has 3 heteroatoms. The highest BCUT2D eigenvalue weighted by Crippen LogP contribution is 2.17. The summed E-state index contributed by atoms with van der Waals surface area (Å²) < 4.78 is 0. The van der Waals surface area contributed by atoms with Gasteiger partial charge < -0.3 is 5.11 Å². The first-order chi connectivity index (χ1) is 8.66. The minimum absolute atomic E-state index is 0.0155. The summed E-state index contributed by atoms with van der Waals surface area (Å²) in [6.07, 6.45) is 3.08. The third-order valence-corrected chi connectivity index (χ3v) is 2.68. The number of hydrogen-bond acceptors (Lipinski definition) is 2. The van der Waals surface area contributed by atoms with Crippen LogP contribution < -0.4 is 0 Å². The van der Waals surface area contributed by atoms with Gasteiger partial charge in [-0.3, -0.25) is 4.79 Å². The molecule has 0 aliphatic heterocycles. The molecule has 0 amide bonds. The quantitative estimate of drug-likeness (QED) is 0.669. The van der Waals surface area contributed by atoms with Crippen LogP contribution >= 0.6 is 11.6 Å². The van der Waals surface area contributed by atoms with Gasteiger partial charge in [-0.1, -0.05) is 41.9 Å². The fourth-order valence-corrected chi connectivity index (χ4v) is 1.75. The molecule has 90 valence electrons. The zero-order valence-corrected chi connectivity index (χ0v) is 10.3. The predicted molar refractivity (Wildman–Crippen MR) is 72.9 cm³/mol. The van der Waals surface area contributed by atoms with E-state index in [4.69, 9.17) is 11.6 Å². The SMILES string of the molecule is O=C(/C=C/c1cccc(Cl)c1)c1ccccc1O. The Bertz CT molecular complexity index is 603. The third-order valence-electron chi connectivity index (χ3n) is 2.45. The highest BCUT2D eigenvalue weighted by molar-refractivity contribution is 6.30. The standard InChI is InChI=1S/C15H11ClO2/c16-12-5-3-4-11(10-12)8-9-15(18)13-6-1-2-7-14(13)17/h1-10,17H/b9-8+. The average molecular weight is 259 g/mol. The molecule has 0 spiro atoms. The van der Waals surface area contributed by atoms with Crippen molar-refractivity contribution in [1.29, 1.82) is 0 Å². The number of carbonyl (C=O) groups excluding carboxylic acids is 1. The summed E-state index contributed by atoms with van der Waals surface area (Å²) in [4.78, 5) is 11.8. The van der Waals surface area contributed by atoms with E-state index >= 15 is 0 Å². The Morgan fingerprint density at radius 1 is 1.11 bits per heavy atom. The molecule has 2 aromatic carbocycles. The van der Waals surface area contributed by atoms with Crippen molar-refractivity contribution in [3.05, 3.63) is 70.8 Å². The topological polar surface area (TPSA) is 37.3 Å². The molecule has 0 unspecified atom stereocenters. The van der Waals surface area contributed by atoms with Gasteiger partial charge in [0.15, 0.2) is 5.78 Å². The van der Waals surface area contributed by atoms with Crippen LogP contribution in [0.4, 0.5) is 0 Å². The Kier molecular flexibility index (Phi) is 3.80. The number of halogens is 1. The summed E-state index contributed by atoms with van der Waals surface area (Å²) >= 11 is 5.84. The Labute approximate surface area is 110 Å². The number of aromatic hydroxyl groups is 1. The minimum atomic E-state index is -0.243. The highest BCUT2D eigenvalue weighted by atomic mass is 35.5. The second-order valence-corrected chi connectivity index (χ2v) is 4.21. The van der Waals surface area contributed by atoms with E-state index in [2.05, 4.69) is 0 Å². The zero-order valence-electron chi connectivity index (χ0n) is 9.51. The van der Waals surface area contributed by atoms with Gasteiger partial charge in [-0.2, -0.15) is 0 Å². The highest BCUT2D eigenvalue weighted by Gasteiger charge is 2.06. The number of phenols is 1. The Morgan fingerprint density at radius 2 is 1.89 bits per heavy atom. The van der Waals surface area contributed by atoms with Crippen LogP contribution in [-0.2, 0) is 0 Å². The molecular formula is C15H11ClO2. The largest absolute Gasteiger partial charge is 0.507 e. The van der Waals surface area contributed by atoms with Crippen LogP contribution in [0.5, 0.6) is 5.75 Å². The summed E-state index contributed by atoms with van der Waals surface area (Å²) in [7, 11) is 0. The lowest BCUT2D eigenvalue weighted by Gasteiger charge is -1.99. The predicted octanol–water partition coefficient (Wildman–Crippen LogP) is 3.94. The molecule has 2 rings (SSSR count). The number of benzene rings is 2. The zero-order chi connectivity index (χ0) is 13.0. The molecule has 1 N–H and O–H groups in total. The van der Waals surface area contributed by atoms with Gasteiger partial charge in [0.1, 0.15) is 5.75 Å². The Hall–Kier alpha value is -2.06. The van der Waals surface area contributed by atoms with Crippen LogP contribution in [0.3, 0.4) is 0 Å². The Balaban J connectivity index is 2.20. The van der Waals surface area contributed by atoms with E-state index in [1.54, 1.807) is 36.4 Å². The average Bonchev–Trinajstić information content (AvgIpc) is 2.37. The maximum atomic E-state index is 11.8. The lowest BCUT2D eigenvalue weighted by atomic mass is 10.1. The van der Waals surface area contributed by atoms with Crippen molar-refractivity contribution in [3.8, 4) is 5.75 Å². The smallest absolute Gasteiger partial charge is 0.189 e. The second-order valence-electron chi connectivity index (χ2n) is 3.77. The summed E-state index contributed by atoms with van der Waals surface area (Å²) in [5.41, 5.74) is 1.13. The van der Waals surface area contributed by atoms with E-state index in [9.17, 15) is 9.90 Å². The molecule has 0 saturated heterocycles. The van der Waals surface area contributed by atoms with Crippen LogP contribution in [0.1, 0.15) is 15.9 Å². The molecule has 2 aromatic rings. The van der Waals surface area contributed by atoms with E-state index in [1.165, 1.54) is 12.1 Å². The maximum absolute atomic E-state index is 11.8. The van der Waals surface area contributed by atoms with Gasteiger partial charge in [-0.25, -0.2) is 0 Å². The van der Waals surface area contributed by atoms with Gasteiger partial charge in [0.2, 0.25) is 0 Å². The van der Waals surface area contributed by atoms with E-state index in [-0.39, 0.29) is 17.1 Å². The number of para-hydroxylation sites is 1. The summed E-state index contributed by atoms with van der Waals surface area (Å²) in [5, 5.41) is 10.2. The van der Waals surface area contributed by atoms with Crippen LogP contribution in [-0.4, -0.2) is 10.9 Å². The number of allylic oxidation sites excluding steroid dienone is 1. The maximum Gasteiger partial charge on any atom is 0.189 e. The molecule has 0 saturated carbocycles. The van der Waals surface area contributed by atoms with Crippen LogP contribution in [0.15, 0.2) is 54.6 Å². The molecular weight excluding hydrogens is 248 g/mol. The van der Waals surface area contributed by atoms with Crippen molar-refractivity contribution in [2.24, 2.45) is 0 Å². The third kappa shape index (κ3) is 2.99. The molecule has 0 bridgehead atoms. The number of hydrogen-bond donors (Lipinski definition) is 1. The molecule has 0 aromatic heterocycles. The molecule has 0 radical (unpaired) electrons. The molecule has 2 nitrogen and oxygen atoms in total. The minimum Gasteiger partial charge on any atom is -0.507 e. The first kappa shape index (κ1) is 12.4. The van der Waals surface area contributed by atoms with Crippen LogP contribution in [0.2, 0.25) is 5.02 Å². The lowest BCUT2D eigenvalue weighted by molar-refractivity contribution is 0.104. The van der Waals surface area contributed by atoms with Crippen molar-refractivity contribution in [2.45, 2.75) is 0 Å². The monoisotopic (exact) mass is 258 g/mol. The fraction of sp³-hybridized carbons (Fsp3) is 0. The van der Waals surface area contributed by atoms with Gasteiger partial charge in [-0.15, -0.1) is 0 Å². The molecule has 18 heavy (non-hydrogen) atoms. The van der Waals surface area contributed by atoms with Gasteiger partial charge in [0.25, 0.3) is 0 Å². The Morgan fingerprint density at radius 3 is 2.61 bits per heavy atom. The van der Waals surface area contributed by atoms with Gasteiger partial charge in [-0.05, 0) is 35.9 Å². The molecule has 0 aliphatic rings. The first-order valence-corrected chi connectivity index (χ1v) is 5.80. The molecule has 0 heterocycles. The number of rotatable bonds is 3.